The number of methoxy groups -OCH3 is 1. The first-order valence-corrected chi connectivity index (χ1v) is 6.59. The van der Waals surface area contributed by atoms with E-state index in [9.17, 15) is 0 Å². The van der Waals surface area contributed by atoms with Gasteiger partial charge in [0.05, 0.1) is 22.3 Å². The number of pyridine rings is 1. The molecule has 90 valence electrons. The van der Waals surface area contributed by atoms with Crippen molar-refractivity contribution < 1.29 is 4.74 Å². The molecule has 0 aliphatic carbocycles. The van der Waals surface area contributed by atoms with Crippen LogP contribution in [0.1, 0.15) is 27.7 Å². The molecule has 0 atom stereocenters. The van der Waals surface area contributed by atoms with Gasteiger partial charge < -0.3 is 4.74 Å². The second-order valence-corrected chi connectivity index (χ2v) is 3.70. The van der Waals surface area contributed by atoms with Gasteiger partial charge in [-0.3, -0.25) is 4.98 Å². The van der Waals surface area contributed by atoms with Crippen LogP contribution < -0.4 is 4.74 Å². The van der Waals surface area contributed by atoms with Crippen LogP contribution in [0.25, 0.3) is 10.2 Å². The topological polar surface area (TPSA) is 22.1 Å². The molecule has 0 radical (unpaired) electrons. The third-order valence-electron chi connectivity index (χ3n) is 1.54. The normalized spacial score (nSPS) is 8.62. The highest BCUT2D eigenvalue weighted by molar-refractivity contribution is 7.21. The average molecular weight is 260 g/mol. The summed E-state index contributed by atoms with van der Waals surface area (Å²) in [5.41, 5.74) is 0.893. The molecule has 0 N–H and O–H groups in total. The van der Waals surface area contributed by atoms with E-state index in [1.807, 2.05) is 33.8 Å². The van der Waals surface area contributed by atoms with Crippen molar-refractivity contribution in [2.24, 2.45) is 0 Å². The van der Waals surface area contributed by atoms with Gasteiger partial charge in [0, 0.05) is 12.3 Å². The number of halogens is 1. The Labute approximate surface area is 106 Å². The standard InChI is InChI=1S/C8H6ClNOS.2C2H6/c1-11-7-4-6-8(12-7)5(9)2-3-10-6;2*1-2/h2-4H,1H3;2*1-2H3. The van der Waals surface area contributed by atoms with E-state index in [1.54, 1.807) is 19.4 Å². The van der Waals surface area contributed by atoms with Crippen LogP contribution >= 0.6 is 22.9 Å². The Morgan fingerprint density at radius 2 is 1.88 bits per heavy atom. The second kappa shape index (κ2) is 8.36. The lowest BCUT2D eigenvalue weighted by Crippen LogP contribution is -1.73. The number of fused-ring (bicyclic) bond motifs is 1. The van der Waals surface area contributed by atoms with Gasteiger partial charge in [-0.25, -0.2) is 0 Å². The van der Waals surface area contributed by atoms with E-state index >= 15 is 0 Å². The number of nitrogens with zero attached hydrogens (tertiary/aromatic N) is 1. The molecular formula is C12H18ClNOS. The average Bonchev–Trinajstić information content (AvgIpc) is 2.79. The molecule has 2 aromatic rings. The fourth-order valence-corrected chi connectivity index (χ4v) is 2.09. The van der Waals surface area contributed by atoms with Crippen LogP contribution in [0.5, 0.6) is 5.06 Å². The predicted molar refractivity (Wildman–Crippen MR) is 73.9 cm³/mol. The van der Waals surface area contributed by atoms with Crippen molar-refractivity contribution in [2.75, 3.05) is 7.11 Å². The van der Waals surface area contributed by atoms with Crippen molar-refractivity contribution >= 4 is 33.2 Å². The van der Waals surface area contributed by atoms with Crippen LogP contribution in [0, 0.1) is 0 Å². The summed E-state index contributed by atoms with van der Waals surface area (Å²) < 4.78 is 6.06. The van der Waals surface area contributed by atoms with E-state index < -0.39 is 0 Å². The third kappa shape index (κ3) is 3.65. The van der Waals surface area contributed by atoms with Gasteiger partial charge in [-0.2, -0.15) is 0 Å². The molecule has 0 saturated heterocycles. The van der Waals surface area contributed by atoms with Gasteiger partial charge in [0.15, 0.2) is 5.06 Å². The molecule has 2 rings (SSSR count). The summed E-state index contributed by atoms with van der Waals surface area (Å²) in [5, 5.41) is 1.57. The Kier molecular flexibility index (Phi) is 7.95. The number of rotatable bonds is 1. The van der Waals surface area contributed by atoms with Gasteiger partial charge in [-0.1, -0.05) is 50.6 Å². The molecule has 0 aliphatic heterocycles. The Bertz CT molecular complexity index is 414. The van der Waals surface area contributed by atoms with Gasteiger partial charge in [-0.15, -0.1) is 0 Å². The van der Waals surface area contributed by atoms with Crippen LogP contribution in [-0.4, -0.2) is 12.1 Å². The fraction of sp³-hybridized carbons (Fsp3) is 0.417. The maximum absolute atomic E-state index is 5.94. The molecule has 0 unspecified atom stereocenters. The third-order valence-corrected chi connectivity index (χ3v) is 3.09. The zero-order chi connectivity index (χ0) is 12.6. The quantitative estimate of drug-likeness (QED) is 0.718. The molecule has 16 heavy (non-hydrogen) atoms. The first-order chi connectivity index (χ1) is 7.81. The van der Waals surface area contributed by atoms with Crippen LogP contribution in [0.2, 0.25) is 5.02 Å². The fourth-order valence-electron chi connectivity index (χ4n) is 0.986. The number of hydrogen-bond acceptors (Lipinski definition) is 3. The zero-order valence-corrected chi connectivity index (χ0v) is 11.9. The largest absolute Gasteiger partial charge is 0.487 e. The Balaban J connectivity index is 0.000000509. The smallest absolute Gasteiger partial charge is 0.176 e. The summed E-state index contributed by atoms with van der Waals surface area (Å²) in [7, 11) is 1.64. The molecule has 0 spiro atoms. The van der Waals surface area contributed by atoms with Gasteiger partial charge >= 0.3 is 0 Å². The minimum atomic E-state index is 0.730. The molecular weight excluding hydrogens is 242 g/mol. The number of hydrogen-bond donors (Lipinski definition) is 0. The van der Waals surface area contributed by atoms with Crippen LogP contribution in [0.15, 0.2) is 18.3 Å². The molecule has 2 nitrogen and oxygen atoms in total. The maximum atomic E-state index is 5.94. The van der Waals surface area contributed by atoms with E-state index in [1.165, 1.54) is 11.3 Å². The van der Waals surface area contributed by atoms with Gasteiger partial charge in [0.1, 0.15) is 0 Å². The number of thiophene rings is 1. The maximum Gasteiger partial charge on any atom is 0.176 e. The lowest BCUT2D eigenvalue weighted by Gasteiger charge is -1.88. The summed E-state index contributed by atoms with van der Waals surface area (Å²) in [6.07, 6.45) is 1.69. The molecule has 0 fully saturated rings. The Hall–Kier alpha value is -0.800. The zero-order valence-electron chi connectivity index (χ0n) is 10.4. The molecule has 4 heteroatoms. The molecule has 2 aromatic heterocycles. The number of aromatic nitrogens is 1. The van der Waals surface area contributed by atoms with E-state index in [4.69, 9.17) is 16.3 Å². The van der Waals surface area contributed by atoms with Gasteiger partial charge in [-0.05, 0) is 6.07 Å². The van der Waals surface area contributed by atoms with E-state index in [0.29, 0.717) is 0 Å². The van der Waals surface area contributed by atoms with Crippen molar-refractivity contribution in [3.05, 3.63) is 23.4 Å². The van der Waals surface area contributed by atoms with Crippen molar-refractivity contribution in [2.45, 2.75) is 27.7 Å². The van der Waals surface area contributed by atoms with Gasteiger partial charge in [0.2, 0.25) is 0 Å². The predicted octanol–water partition coefficient (Wildman–Crippen LogP) is 5.01. The summed E-state index contributed by atoms with van der Waals surface area (Å²) >= 11 is 7.45. The van der Waals surface area contributed by atoms with Crippen LogP contribution in [-0.2, 0) is 0 Å². The monoisotopic (exact) mass is 259 g/mol. The van der Waals surface area contributed by atoms with E-state index in [0.717, 1.165) is 20.3 Å². The first-order valence-electron chi connectivity index (χ1n) is 5.39. The summed E-state index contributed by atoms with van der Waals surface area (Å²) in [6, 6.07) is 3.66. The molecule has 2 heterocycles. The van der Waals surface area contributed by atoms with Crippen molar-refractivity contribution in [3.8, 4) is 5.06 Å². The Morgan fingerprint density at radius 1 is 1.25 bits per heavy atom. The van der Waals surface area contributed by atoms with Crippen molar-refractivity contribution in [3.63, 3.8) is 0 Å². The summed E-state index contributed by atoms with van der Waals surface area (Å²) in [4.78, 5) is 4.16. The van der Waals surface area contributed by atoms with Crippen LogP contribution in [0.3, 0.4) is 0 Å². The van der Waals surface area contributed by atoms with Crippen LogP contribution in [0.4, 0.5) is 0 Å². The van der Waals surface area contributed by atoms with E-state index in [-0.39, 0.29) is 0 Å². The molecule has 0 amide bonds. The minimum absolute atomic E-state index is 0.730. The molecule has 0 aromatic carbocycles. The van der Waals surface area contributed by atoms with Crippen molar-refractivity contribution in [1.29, 1.82) is 0 Å². The van der Waals surface area contributed by atoms with Crippen molar-refractivity contribution in [1.82, 2.24) is 4.98 Å². The molecule has 0 bridgehead atoms. The SMILES string of the molecule is CC.CC.COc1cc2nccc(Cl)c2s1. The molecule has 0 aliphatic rings. The highest BCUT2D eigenvalue weighted by Gasteiger charge is 2.04. The lowest BCUT2D eigenvalue weighted by atomic mass is 10.4. The summed E-state index contributed by atoms with van der Waals surface area (Å²) in [5.74, 6) is 0. The number of ether oxygens (including phenoxy) is 1. The first kappa shape index (κ1) is 15.2. The summed E-state index contributed by atoms with van der Waals surface area (Å²) in [6.45, 7) is 8.00. The highest BCUT2D eigenvalue weighted by atomic mass is 35.5. The van der Waals surface area contributed by atoms with E-state index in [2.05, 4.69) is 4.98 Å². The highest BCUT2D eigenvalue weighted by Crippen LogP contribution is 2.34. The molecule has 0 saturated carbocycles. The minimum Gasteiger partial charge on any atom is -0.487 e. The van der Waals surface area contributed by atoms with Gasteiger partial charge in [0.25, 0.3) is 0 Å². The second-order valence-electron chi connectivity index (χ2n) is 2.28. The lowest BCUT2D eigenvalue weighted by molar-refractivity contribution is 0.427. The Morgan fingerprint density at radius 3 is 2.38 bits per heavy atom.